The van der Waals surface area contributed by atoms with Crippen molar-refractivity contribution in [3.05, 3.63) is 65.5 Å². The molecule has 0 aromatic heterocycles. The number of hydrogen-bond acceptors (Lipinski definition) is 3. The Hall–Kier alpha value is -2.89. The van der Waals surface area contributed by atoms with Crippen LogP contribution in [0.5, 0.6) is 5.75 Å². The van der Waals surface area contributed by atoms with E-state index < -0.39 is 11.9 Å². The van der Waals surface area contributed by atoms with Crippen molar-refractivity contribution in [3.8, 4) is 5.75 Å². The van der Waals surface area contributed by atoms with Gasteiger partial charge < -0.3 is 15.0 Å². The first-order chi connectivity index (χ1) is 15.1. The molecular weight excluding hydrogens is 407 g/mol. The van der Waals surface area contributed by atoms with Gasteiger partial charge in [0.2, 0.25) is 5.91 Å². The standard InChI is InChI=1S/C26H35FN2O3/c1-6-7-16-28-25(31)19(2)29(17-20-10-8-9-11-23(20)27)24(30)18-32-22-14-12-21(13-15-22)26(3,4)5/h8-15,19H,6-7,16-18H2,1-5H3,(H,28,31)/t19-/m1/s1. The summed E-state index contributed by atoms with van der Waals surface area (Å²) < 4.78 is 19.9. The molecule has 2 amide bonds. The maximum absolute atomic E-state index is 14.2. The number of amides is 2. The van der Waals surface area contributed by atoms with E-state index in [-0.39, 0.29) is 30.4 Å². The van der Waals surface area contributed by atoms with Crippen LogP contribution in [-0.4, -0.2) is 35.9 Å². The molecule has 0 aliphatic rings. The van der Waals surface area contributed by atoms with E-state index in [1.54, 1.807) is 25.1 Å². The third-order valence-electron chi connectivity index (χ3n) is 5.38. The third kappa shape index (κ3) is 7.36. The highest BCUT2D eigenvalue weighted by Gasteiger charge is 2.27. The van der Waals surface area contributed by atoms with Crippen molar-refractivity contribution in [1.82, 2.24) is 10.2 Å². The Labute approximate surface area is 191 Å². The minimum absolute atomic E-state index is 0.0137. The van der Waals surface area contributed by atoms with E-state index in [9.17, 15) is 14.0 Å². The fourth-order valence-corrected chi connectivity index (χ4v) is 3.21. The first-order valence-corrected chi connectivity index (χ1v) is 11.2. The lowest BCUT2D eigenvalue weighted by molar-refractivity contribution is -0.142. The smallest absolute Gasteiger partial charge is 0.261 e. The van der Waals surface area contributed by atoms with Crippen LogP contribution in [0.25, 0.3) is 0 Å². The quantitative estimate of drug-likeness (QED) is 0.536. The predicted molar refractivity (Wildman–Crippen MR) is 125 cm³/mol. The van der Waals surface area contributed by atoms with Gasteiger partial charge in [0.1, 0.15) is 17.6 Å². The van der Waals surface area contributed by atoms with E-state index >= 15 is 0 Å². The number of nitrogens with one attached hydrogen (secondary N) is 1. The average molecular weight is 443 g/mol. The number of benzene rings is 2. The summed E-state index contributed by atoms with van der Waals surface area (Å²) in [6.07, 6.45) is 1.81. The number of halogens is 1. The minimum Gasteiger partial charge on any atom is -0.484 e. The summed E-state index contributed by atoms with van der Waals surface area (Å²) in [5, 5.41) is 2.85. The van der Waals surface area contributed by atoms with Crippen molar-refractivity contribution in [2.75, 3.05) is 13.2 Å². The van der Waals surface area contributed by atoms with Gasteiger partial charge in [-0.25, -0.2) is 4.39 Å². The zero-order chi connectivity index (χ0) is 23.7. The lowest BCUT2D eigenvalue weighted by atomic mass is 9.87. The Morgan fingerprint density at radius 2 is 1.75 bits per heavy atom. The number of hydrogen-bond donors (Lipinski definition) is 1. The van der Waals surface area contributed by atoms with Gasteiger partial charge in [-0.1, -0.05) is 64.4 Å². The first-order valence-electron chi connectivity index (χ1n) is 11.2. The van der Waals surface area contributed by atoms with Gasteiger partial charge in [0, 0.05) is 18.7 Å². The highest BCUT2D eigenvalue weighted by Crippen LogP contribution is 2.24. The van der Waals surface area contributed by atoms with Crippen LogP contribution in [0.2, 0.25) is 0 Å². The molecule has 0 saturated heterocycles. The van der Waals surface area contributed by atoms with Crippen LogP contribution in [0, 0.1) is 5.82 Å². The topological polar surface area (TPSA) is 58.6 Å². The molecule has 2 aromatic rings. The fourth-order valence-electron chi connectivity index (χ4n) is 3.21. The Balaban J connectivity index is 2.12. The van der Waals surface area contributed by atoms with Gasteiger partial charge in [-0.3, -0.25) is 9.59 Å². The Morgan fingerprint density at radius 1 is 1.09 bits per heavy atom. The van der Waals surface area contributed by atoms with E-state index in [1.165, 1.54) is 11.0 Å². The van der Waals surface area contributed by atoms with Crippen LogP contribution in [0.1, 0.15) is 58.6 Å². The summed E-state index contributed by atoms with van der Waals surface area (Å²) in [4.78, 5) is 27.0. The fraction of sp³-hybridized carbons (Fsp3) is 0.462. The summed E-state index contributed by atoms with van der Waals surface area (Å²) in [5.74, 6) is -0.496. The average Bonchev–Trinajstić information content (AvgIpc) is 2.76. The Morgan fingerprint density at radius 3 is 2.34 bits per heavy atom. The number of carbonyl (C=O) groups is 2. The zero-order valence-electron chi connectivity index (χ0n) is 19.8. The highest BCUT2D eigenvalue weighted by molar-refractivity contribution is 5.87. The molecule has 5 nitrogen and oxygen atoms in total. The van der Waals surface area contributed by atoms with Crippen molar-refractivity contribution in [1.29, 1.82) is 0 Å². The van der Waals surface area contributed by atoms with Crippen molar-refractivity contribution in [3.63, 3.8) is 0 Å². The summed E-state index contributed by atoms with van der Waals surface area (Å²) in [6, 6.07) is 13.1. The maximum atomic E-state index is 14.2. The van der Waals surface area contributed by atoms with Crippen LogP contribution in [0.4, 0.5) is 4.39 Å². The molecule has 1 N–H and O–H groups in total. The molecule has 0 fully saturated rings. The predicted octanol–water partition coefficient (Wildman–Crippen LogP) is 4.84. The summed E-state index contributed by atoms with van der Waals surface area (Å²) in [5.41, 5.74) is 1.53. The van der Waals surface area contributed by atoms with E-state index in [0.717, 1.165) is 18.4 Å². The molecule has 0 saturated carbocycles. The van der Waals surface area contributed by atoms with Gasteiger partial charge >= 0.3 is 0 Å². The van der Waals surface area contributed by atoms with Crippen molar-refractivity contribution in [2.24, 2.45) is 0 Å². The third-order valence-corrected chi connectivity index (χ3v) is 5.38. The molecular formula is C26H35FN2O3. The molecule has 0 unspecified atom stereocenters. The molecule has 2 rings (SSSR count). The molecule has 0 spiro atoms. The van der Waals surface area contributed by atoms with Crippen LogP contribution in [0.15, 0.2) is 48.5 Å². The SMILES string of the molecule is CCCCNC(=O)[C@@H](C)N(Cc1ccccc1F)C(=O)COc1ccc(C(C)(C)C)cc1. The normalized spacial score (nSPS) is 12.2. The molecule has 2 aromatic carbocycles. The number of ether oxygens (including phenoxy) is 1. The van der Waals surface area contributed by atoms with Crippen LogP contribution < -0.4 is 10.1 Å². The van der Waals surface area contributed by atoms with Crippen LogP contribution in [0.3, 0.4) is 0 Å². The van der Waals surface area contributed by atoms with Crippen molar-refractivity contribution in [2.45, 2.75) is 65.5 Å². The number of nitrogens with zero attached hydrogens (tertiary/aromatic N) is 1. The van der Waals surface area contributed by atoms with Gasteiger partial charge in [-0.15, -0.1) is 0 Å². The monoisotopic (exact) mass is 442 g/mol. The van der Waals surface area contributed by atoms with Gasteiger partial charge in [0.05, 0.1) is 0 Å². The molecule has 0 aliphatic carbocycles. The van der Waals surface area contributed by atoms with E-state index in [2.05, 4.69) is 26.1 Å². The maximum Gasteiger partial charge on any atom is 0.261 e. The van der Waals surface area contributed by atoms with Crippen molar-refractivity contribution < 1.29 is 18.7 Å². The second-order valence-electron chi connectivity index (χ2n) is 9.00. The lowest BCUT2D eigenvalue weighted by Crippen LogP contribution is -2.49. The number of rotatable bonds is 10. The Kier molecular flexibility index (Phi) is 9.24. The minimum atomic E-state index is -0.758. The first kappa shape index (κ1) is 25.4. The summed E-state index contributed by atoms with van der Waals surface area (Å²) >= 11 is 0. The van der Waals surface area contributed by atoms with Gasteiger partial charge in [-0.05, 0) is 42.5 Å². The molecule has 32 heavy (non-hydrogen) atoms. The lowest BCUT2D eigenvalue weighted by Gasteiger charge is -2.29. The molecule has 0 radical (unpaired) electrons. The van der Waals surface area contributed by atoms with E-state index in [0.29, 0.717) is 17.9 Å². The van der Waals surface area contributed by atoms with Crippen molar-refractivity contribution >= 4 is 11.8 Å². The van der Waals surface area contributed by atoms with E-state index in [4.69, 9.17) is 4.74 Å². The van der Waals surface area contributed by atoms with E-state index in [1.807, 2.05) is 31.2 Å². The largest absolute Gasteiger partial charge is 0.484 e. The second-order valence-corrected chi connectivity index (χ2v) is 9.00. The van der Waals surface area contributed by atoms with Crippen LogP contribution >= 0.6 is 0 Å². The Bertz CT molecular complexity index is 891. The zero-order valence-corrected chi connectivity index (χ0v) is 19.8. The van der Waals surface area contributed by atoms with Crippen LogP contribution in [-0.2, 0) is 21.5 Å². The second kappa shape index (κ2) is 11.7. The number of carbonyl (C=O) groups excluding carboxylic acids is 2. The van der Waals surface area contributed by atoms with Gasteiger partial charge in [0.15, 0.2) is 6.61 Å². The molecule has 0 bridgehead atoms. The summed E-state index contributed by atoms with van der Waals surface area (Å²) in [6.45, 7) is 10.3. The molecule has 1 atom stereocenters. The summed E-state index contributed by atoms with van der Waals surface area (Å²) in [7, 11) is 0. The van der Waals surface area contributed by atoms with Gasteiger partial charge in [-0.2, -0.15) is 0 Å². The molecule has 174 valence electrons. The number of unbranched alkanes of at least 4 members (excludes halogenated alkanes) is 1. The molecule has 0 heterocycles. The molecule has 6 heteroatoms. The highest BCUT2D eigenvalue weighted by atomic mass is 19.1. The van der Waals surface area contributed by atoms with Gasteiger partial charge in [0.25, 0.3) is 5.91 Å². The molecule has 0 aliphatic heterocycles.